The Balaban J connectivity index is 1.64. The van der Waals surface area contributed by atoms with Crippen LogP contribution >= 0.6 is 0 Å². The van der Waals surface area contributed by atoms with E-state index in [1.807, 2.05) is 7.05 Å². The standard InChI is InChI=1S/C26H27FN4O3S/c1-26(2,3)25(32)31-23-8-6-20(13-18(23)15-28-31)35(33,34)30-16-22(17-9-11-29(4)12-10-17)21-14-19(27)5-7-24(21)30/h5-9,13-16H,10-12H2,1-4H3. The van der Waals surface area contributed by atoms with E-state index in [4.69, 9.17) is 0 Å². The van der Waals surface area contributed by atoms with E-state index >= 15 is 0 Å². The van der Waals surface area contributed by atoms with Crippen LogP contribution in [0.25, 0.3) is 27.4 Å². The van der Waals surface area contributed by atoms with E-state index in [1.54, 1.807) is 33.0 Å². The Bertz CT molecular complexity index is 1620. The number of likely N-dealkylation sites (N-methyl/N-ethyl adjacent to an activating group) is 1. The molecule has 0 unspecified atom stereocenters. The third kappa shape index (κ3) is 3.98. The van der Waals surface area contributed by atoms with Crippen LogP contribution in [0.2, 0.25) is 0 Å². The highest BCUT2D eigenvalue weighted by Crippen LogP contribution is 2.34. The summed E-state index contributed by atoms with van der Waals surface area (Å²) in [6.07, 6.45) is 5.90. The van der Waals surface area contributed by atoms with Gasteiger partial charge < -0.3 is 4.90 Å². The van der Waals surface area contributed by atoms with Gasteiger partial charge in [-0.2, -0.15) is 9.78 Å². The minimum atomic E-state index is -4.00. The molecule has 7 nitrogen and oxygen atoms in total. The van der Waals surface area contributed by atoms with Gasteiger partial charge >= 0.3 is 0 Å². The molecule has 0 aliphatic carbocycles. The van der Waals surface area contributed by atoms with Gasteiger partial charge in [0.25, 0.3) is 15.9 Å². The monoisotopic (exact) mass is 494 g/mol. The van der Waals surface area contributed by atoms with Crippen LogP contribution in [-0.2, 0) is 10.0 Å². The molecule has 0 spiro atoms. The number of aromatic nitrogens is 3. The van der Waals surface area contributed by atoms with Crippen LogP contribution in [0.5, 0.6) is 0 Å². The number of hydrogen-bond donors (Lipinski definition) is 0. The Hall–Kier alpha value is -3.30. The lowest BCUT2D eigenvalue weighted by Gasteiger charge is -2.21. The van der Waals surface area contributed by atoms with Crippen molar-refractivity contribution in [3.63, 3.8) is 0 Å². The Kier molecular flexibility index (Phi) is 5.45. The van der Waals surface area contributed by atoms with Gasteiger partial charge in [0.15, 0.2) is 0 Å². The molecule has 0 saturated heterocycles. The summed E-state index contributed by atoms with van der Waals surface area (Å²) < 4.78 is 44.3. The van der Waals surface area contributed by atoms with Crippen molar-refractivity contribution in [3.05, 3.63) is 66.2 Å². The third-order valence-electron chi connectivity index (χ3n) is 6.42. The van der Waals surface area contributed by atoms with Crippen molar-refractivity contribution < 1.29 is 17.6 Å². The van der Waals surface area contributed by atoms with E-state index in [1.165, 1.54) is 45.2 Å². The second kappa shape index (κ2) is 8.13. The van der Waals surface area contributed by atoms with Crippen molar-refractivity contribution in [1.29, 1.82) is 0 Å². The van der Waals surface area contributed by atoms with E-state index in [9.17, 15) is 17.6 Å². The predicted octanol–water partition coefficient (Wildman–Crippen LogP) is 4.77. The van der Waals surface area contributed by atoms with Gasteiger partial charge in [0.2, 0.25) is 0 Å². The van der Waals surface area contributed by atoms with Crippen LogP contribution < -0.4 is 0 Å². The van der Waals surface area contributed by atoms with Crippen LogP contribution in [0, 0.1) is 11.2 Å². The highest BCUT2D eigenvalue weighted by atomic mass is 32.2. The van der Waals surface area contributed by atoms with Crippen LogP contribution in [-0.4, -0.2) is 53.1 Å². The van der Waals surface area contributed by atoms with Crippen molar-refractivity contribution in [1.82, 2.24) is 18.7 Å². The summed E-state index contributed by atoms with van der Waals surface area (Å²) in [4.78, 5) is 15.0. The van der Waals surface area contributed by atoms with Gasteiger partial charge in [-0.1, -0.05) is 26.8 Å². The van der Waals surface area contributed by atoms with Gasteiger partial charge in [0.05, 0.1) is 22.1 Å². The lowest BCUT2D eigenvalue weighted by Crippen LogP contribution is -2.27. The van der Waals surface area contributed by atoms with Gasteiger partial charge in [-0.15, -0.1) is 0 Å². The van der Waals surface area contributed by atoms with Gasteiger partial charge in [-0.05, 0) is 55.4 Å². The lowest BCUT2D eigenvalue weighted by atomic mass is 9.96. The summed E-state index contributed by atoms with van der Waals surface area (Å²) in [6.45, 7) is 7.00. The molecule has 0 amide bonds. The number of carbonyl (C=O) groups is 1. The Morgan fingerprint density at radius 3 is 2.51 bits per heavy atom. The molecule has 0 fully saturated rings. The first-order chi connectivity index (χ1) is 16.5. The van der Waals surface area contributed by atoms with Crippen molar-refractivity contribution >= 4 is 43.3 Å². The summed E-state index contributed by atoms with van der Waals surface area (Å²) >= 11 is 0. The van der Waals surface area contributed by atoms with Gasteiger partial charge in [-0.3, -0.25) is 4.79 Å². The molecule has 9 heteroatoms. The summed E-state index contributed by atoms with van der Waals surface area (Å²) in [5, 5.41) is 5.31. The molecule has 4 aromatic rings. The van der Waals surface area contributed by atoms with E-state index in [2.05, 4.69) is 16.1 Å². The third-order valence-corrected chi connectivity index (χ3v) is 8.09. The van der Waals surface area contributed by atoms with E-state index < -0.39 is 21.3 Å². The van der Waals surface area contributed by atoms with Crippen molar-refractivity contribution in [2.24, 2.45) is 5.41 Å². The summed E-state index contributed by atoms with van der Waals surface area (Å²) in [5.74, 6) is -0.600. The zero-order valence-corrected chi connectivity index (χ0v) is 20.9. The quantitative estimate of drug-likeness (QED) is 0.410. The fourth-order valence-corrected chi connectivity index (χ4v) is 5.81. The largest absolute Gasteiger partial charge is 0.302 e. The average Bonchev–Trinajstić information content (AvgIpc) is 3.40. The SMILES string of the molecule is CN1CC=C(c2cn(S(=O)(=O)c3ccc4c(cnn4C(=O)C(C)(C)C)c3)c3ccc(F)cc23)CC1. The fraction of sp³-hybridized carbons (Fsp3) is 0.308. The van der Waals surface area contributed by atoms with Crippen molar-refractivity contribution in [2.45, 2.75) is 32.1 Å². The van der Waals surface area contributed by atoms with E-state index in [0.717, 1.165) is 30.6 Å². The molecule has 0 saturated carbocycles. The Morgan fingerprint density at radius 1 is 1.09 bits per heavy atom. The zero-order valence-electron chi connectivity index (χ0n) is 20.1. The number of carbonyl (C=O) groups excluding carboxylic acids is 1. The van der Waals surface area contributed by atoms with Crippen LogP contribution in [0.4, 0.5) is 4.39 Å². The maximum atomic E-state index is 14.2. The molecule has 35 heavy (non-hydrogen) atoms. The van der Waals surface area contributed by atoms with E-state index in [0.29, 0.717) is 21.8 Å². The molecule has 3 heterocycles. The molecule has 0 radical (unpaired) electrons. The molecule has 0 atom stereocenters. The van der Waals surface area contributed by atoms with Crippen LogP contribution in [0.1, 0.15) is 37.6 Å². The smallest absolute Gasteiger partial charge is 0.268 e. The van der Waals surface area contributed by atoms with Crippen molar-refractivity contribution in [2.75, 3.05) is 20.1 Å². The first-order valence-electron chi connectivity index (χ1n) is 11.4. The number of halogens is 1. The molecular weight excluding hydrogens is 467 g/mol. The summed E-state index contributed by atoms with van der Waals surface area (Å²) in [5.41, 5.74) is 2.05. The van der Waals surface area contributed by atoms with Gasteiger partial charge in [0.1, 0.15) is 5.82 Å². The summed E-state index contributed by atoms with van der Waals surface area (Å²) in [6, 6.07) is 8.77. The second-order valence-electron chi connectivity index (χ2n) is 10.1. The summed E-state index contributed by atoms with van der Waals surface area (Å²) in [7, 11) is -1.98. The maximum Gasteiger partial charge on any atom is 0.268 e. The Labute approximate surface area is 203 Å². The highest BCUT2D eigenvalue weighted by Gasteiger charge is 2.27. The highest BCUT2D eigenvalue weighted by molar-refractivity contribution is 7.90. The minimum absolute atomic E-state index is 0.0675. The molecule has 1 aliphatic heterocycles. The normalized spacial score (nSPS) is 15.6. The molecule has 0 bridgehead atoms. The van der Waals surface area contributed by atoms with E-state index in [-0.39, 0.29) is 10.8 Å². The maximum absolute atomic E-state index is 14.2. The lowest BCUT2D eigenvalue weighted by molar-refractivity contribution is 0.0755. The molecule has 2 aromatic heterocycles. The molecular formula is C26H27FN4O3S. The molecule has 0 N–H and O–H groups in total. The first kappa shape index (κ1) is 23.4. The average molecular weight is 495 g/mol. The first-order valence-corrected chi connectivity index (χ1v) is 12.9. The van der Waals surface area contributed by atoms with Crippen LogP contribution in [0.3, 0.4) is 0 Å². The topological polar surface area (TPSA) is 77.2 Å². The predicted molar refractivity (Wildman–Crippen MR) is 134 cm³/mol. The molecule has 1 aliphatic rings. The number of fused-ring (bicyclic) bond motifs is 2. The second-order valence-corrected chi connectivity index (χ2v) is 11.9. The van der Waals surface area contributed by atoms with Crippen LogP contribution in [0.15, 0.2) is 59.8 Å². The molecule has 5 rings (SSSR count). The van der Waals surface area contributed by atoms with Gasteiger partial charge in [-0.25, -0.2) is 16.8 Å². The number of hydrogen-bond acceptors (Lipinski definition) is 5. The zero-order chi connectivity index (χ0) is 25.1. The molecule has 2 aromatic carbocycles. The minimum Gasteiger partial charge on any atom is -0.302 e. The number of benzene rings is 2. The van der Waals surface area contributed by atoms with Gasteiger partial charge in [0, 0.05) is 41.0 Å². The molecule has 182 valence electrons. The fourth-order valence-electron chi connectivity index (χ4n) is 4.41. The number of rotatable bonds is 3. The Morgan fingerprint density at radius 2 is 1.83 bits per heavy atom. The number of nitrogens with zero attached hydrogens (tertiary/aromatic N) is 4. The van der Waals surface area contributed by atoms with Crippen molar-refractivity contribution in [3.8, 4) is 0 Å².